The standard InChI is InChI=1S/C31H34ClN5O2/c1-19-16-28(34-20(2)33-19)36-14-12-24(13-15-36)35(3)30(38)22-11-10-21-6-5-9-27(25(21)17-22)37-18-23-7-4-8-26(32)29(23)31(37)39/h4,7-8,10-11,16-17,24,27H,5-6,9,12-15,18H2,1-3H3/t27-/m1/s1. The summed E-state index contributed by atoms with van der Waals surface area (Å²) in [6, 6.07) is 13.9. The molecule has 3 heterocycles. The maximum atomic E-state index is 13.7. The highest BCUT2D eigenvalue weighted by Gasteiger charge is 2.37. The summed E-state index contributed by atoms with van der Waals surface area (Å²) in [5.74, 6) is 1.78. The van der Waals surface area contributed by atoms with Crippen molar-refractivity contribution < 1.29 is 9.59 Å². The van der Waals surface area contributed by atoms with E-state index in [0.717, 1.165) is 73.7 Å². The average Bonchev–Trinajstić information content (AvgIpc) is 3.28. The molecule has 1 saturated heterocycles. The van der Waals surface area contributed by atoms with Crippen molar-refractivity contribution in [1.29, 1.82) is 0 Å². The summed E-state index contributed by atoms with van der Waals surface area (Å²) < 4.78 is 0. The van der Waals surface area contributed by atoms with Crippen LogP contribution in [0, 0.1) is 13.8 Å². The van der Waals surface area contributed by atoms with E-state index in [9.17, 15) is 9.59 Å². The van der Waals surface area contributed by atoms with Crippen LogP contribution in [0.15, 0.2) is 42.5 Å². The second kappa shape index (κ2) is 10.3. The second-order valence-corrected chi connectivity index (χ2v) is 11.5. The van der Waals surface area contributed by atoms with Gasteiger partial charge in [-0.1, -0.05) is 29.8 Å². The Hall–Kier alpha value is -3.45. The van der Waals surface area contributed by atoms with Crippen LogP contribution in [0.3, 0.4) is 0 Å². The molecule has 1 aliphatic carbocycles. The molecule has 7 nitrogen and oxygen atoms in total. The molecule has 8 heteroatoms. The van der Waals surface area contributed by atoms with Crippen molar-refractivity contribution in [1.82, 2.24) is 19.8 Å². The minimum Gasteiger partial charge on any atom is -0.356 e. The highest BCUT2D eigenvalue weighted by Crippen LogP contribution is 2.41. The lowest BCUT2D eigenvalue weighted by molar-refractivity contribution is 0.0682. The molecule has 0 saturated carbocycles. The van der Waals surface area contributed by atoms with Crippen LogP contribution in [-0.2, 0) is 13.0 Å². The minimum atomic E-state index is -0.0502. The Bertz CT molecular complexity index is 1430. The van der Waals surface area contributed by atoms with Gasteiger partial charge < -0.3 is 14.7 Å². The van der Waals surface area contributed by atoms with Crippen molar-refractivity contribution in [3.63, 3.8) is 0 Å². The molecule has 3 aromatic rings. The van der Waals surface area contributed by atoms with Gasteiger partial charge in [-0.15, -0.1) is 0 Å². The van der Waals surface area contributed by atoms with E-state index in [0.29, 0.717) is 22.7 Å². The molecule has 1 atom stereocenters. The molecule has 0 N–H and O–H groups in total. The highest BCUT2D eigenvalue weighted by atomic mass is 35.5. The van der Waals surface area contributed by atoms with Gasteiger partial charge in [0.05, 0.1) is 16.6 Å². The Kier molecular flexibility index (Phi) is 6.79. The van der Waals surface area contributed by atoms with Gasteiger partial charge in [0, 0.05) is 50.0 Å². The number of anilines is 1. The molecule has 1 fully saturated rings. The van der Waals surface area contributed by atoms with E-state index in [1.165, 1.54) is 5.56 Å². The van der Waals surface area contributed by atoms with Crippen molar-refractivity contribution in [3.05, 3.63) is 86.8 Å². The van der Waals surface area contributed by atoms with Gasteiger partial charge in [-0.2, -0.15) is 0 Å². The summed E-state index contributed by atoms with van der Waals surface area (Å²) >= 11 is 6.40. The number of rotatable bonds is 4. The first kappa shape index (κ1) is 25.8. The maximum Gasteiger partial charge on any atom is 0.256 e. The van der Waals surface area contributed by atoms with E-state index in [-0.39, 0.29) is 23.9 Å². The number of carbonyl (C=O) groups excluding carboxylic acids is 2. The summed E-state index contributed by atoms with van der Waals surface area (Å²) in [5, 5.41) is 0.512. The lowest BCUT2D eigenvalue weighted by Crippen LogP contribution is -2.46. The molecule has 1 aromatic heterocycles. The first-order valence-electron chi connectivity index (χ1n) is 13.9. The van der Waals surface area contributed by atoms with Crippen LogP contribution in [-0.4, -0.2) is 57.8 Å². The second-order valence-electron chi connectivity index (χ2n) is 11.1. The van der Waals surface area contributed by atoms with E-state index in [1.54, 1.807) is 6.07 Å². The molecule has 0 spiro atoms. The Morgan fingerprint density at radius 2 is 1.82 bits per heavy atom. The number of piperidine rings is 1. The van der Waals surface area contributed by atoms with Gasteiger partial charge in [0.1, 0.15) is 11.6 Å². The smallest absolute Gasteiger partial charge is 0.256 e. The van der Waals surface area contributed by atoms with Crippen LogP contribution in [0.1, 0.15) is 80.6 Å². The van der Waals surface area contributed by atoms with Crippen LogP contribution in [0.4, 0.5) is 5.82 Å². The van der Waals surface area contributed by atoms with E-state index < -0.39 is 0 Å². The number of halogens is 1. The fourth-order valence-electron chi connectivity index (χ4n) is 6.53. The molecule has 0 unspecified atom stereocenters. The lowest BCUT2D eigenvalue weighted by atomic mass is 9.85. The molecular formula is C31H34ClN5O2. The summed E-state index contributed by atoms with van der Waals surface area (Å²) in [6.07, 6.45) is 4.64. The van der Waals surface area contributed by atoms with Crippen LogP contribution >= 0.6 is 11.6 Å². The quantitative estimate of drug-likeness (QED) is 0.433. The summed E-state index contributed by atoms with van der Waals surface area (Å²) in [7, 11) is 1.92. The number of aromatic nitrogens is 2. The molecule has 2 amide bonds. The van der Waals surface area contributed by atoms with Crippen LogP contribution in [0.25, 0.3) is 0 Å². The van der Waals surface area contributed by atoms with Gasteiger partial charge in [0.25, 0.3) is 11.8 Å². The number of amides is 2. The van der Waals surface area contributed by atoms with Crippen LogP contribution < -0.4 is 4.90 Å². The molecule has 2 aromatic carbocycles. The zero-order valence-electron chi connectivity index (χ0n) is 22.8. The number of hydrogen-bond acceptors (Lipinski definition) is 5. The summed E-state index contributed by atoms with van der Waals surface area (Å²) in [4.78, 5) is 42.2. The van der Waals surface area contributed by atoms with Crippen molar-refractivity contribution in [3.8, 4) is 0 Å². The Morgan fingerprint density at radius 3 is 2.56 bits per heavy atom. The van der Waals surface area contributed by atoms with Gasteiger partial charge in [-0.05, 0) is 80.8 Å². The number of hydrogen-bond donors (Lipinski definition) is 0. The first-order valence-corrected chi connectivity index (χ1v) is 14.2. The molecule has 39 heavy (non-hydrogen) atoms. The van der Waals surface area contributed by atoms with Crippen LogP contribution in [0.2, 0.25) is 5.02 Å². The molecular weight excluding hydrogens is 510 g/mol. The molecule has 2 aliphatic heterocycles. The Morgan fingerprint density at radius 1 is 1.03 bits per heavy atom. The predicted molar refractivity (Wildman–Crippen MR) is 152 cm³/mol. The zero-order valence-corrected chi connectivity index (χ0v) is 23.5. The third-order valence-electron chi connectivity index (χ3n) is 8.58. The Labute approximate surface area is 234 Å². The molecule has 0 radical (unpaired) electrons. The third-order valence-corrected chi connectivity index (χ3v) is 8.89. The lowest BCUT2D eigenvalue weighted by Gasteiger charge is -2.38. The predicted octanol–water partition coefficient (Wildman–Crippen LogP) is 5.52. The molecule has 0 bridgehead atoms. The van der Waals surface area contributed by atoms with Gasteiger partial charge in [0.2, 0.25) is 0 Å². The van der Waals surface area contributed by atoms with Crippen molar-refractivity contribution >= 4 is 29.2 Å². The van der Waals surface area contributed by atoms with Crippen molar-refractivity contribution in [2.24, 2.45) is 0 Å². The third kappa shape index (κ3) is 4.78. The largest absolute Gasteiger partial charge is 0.356 e. The highest BCUT2D eigenvalue weighted by molar-refractivity contribution is 6.34. The molecule has 202 valence electrons. The van der Waals surface area contributed by atoms with E-state index in [1.807, 2.05) is 61.0 Å². The van der Waals surface area contributed by atoms with Crippen LogP contribution in [0.5, 0.6) is 0 Å². The number of benzene rings is 2. The van der Waals surface area contributed by atoms with E-state index in [2.05, 4.69) is 20.9 Å². The van der Waals surface area contributed by atoms with E-state index in [4.69, 9.17) is 11.6 Å². The zero-order chi connectivity index (χ0) is 27.3. The Balaban J connectivity index is 1.18. The molecule has 6 rings (SSSR count). The maximum absolute atomic E-state index is 13.7. The SMILES string of the molecule is Cc1cc(N2CCC(N(C)C(=O)c3ccc4c(c3)[C@H](N3Cc5cccc(Cl)c5C3=O)CCC4)CC2)nc(C)n1. The number of fused-ring (bicyclic) bond motifs is 2. The first-order chi connectivity index (χ1) is 18.8. The topological polar surface area (TPSA) is 69.6 Å². The normalized spacial score (nSPS) is 19.2. The average molecular weight is 544 g/mol. The summed E-state index contributed by atoms with van der Waals surface area (Å²) in [5.41, 5.74) is 5.59. The van der Waals surface area contributed by atoms with Gasteiger partial charge in [-0.3, -0.25) is 9.59 Å². The van der Waals surface area contributed by atoms with Gasteiger partial charge >= 0.3 is 0 Å². The summed E-state index contributed by atoms with van der Waals surface area (Å²) in [6.45, 7) is 6.18. The number of aryl methyl sites for hydroxylation is 3. The van der Waals surface area contributed by atoms with Crippen molar-refractivity contribution in [2.45, 2.75) is 64.6 Å². The minimum absolute atomic E-state index is 0.0110. The monoisotopic (exact) mass is 543 g/mol. The fourth-order valence-corrected chi connectivity index (χ4v) is 6.81. The molecule has 3 aliphatic rings. The van der Waals surface area contributed by atoms with Crippen molar-refractivity contribution in [2.75, 3.05) is 25.0 Å². The number of carbonyl (C=O) groups is 2. The van der Waals surface area contributed by atoms with E-state index >= 15 is 0 Å². The number of nitrogens with zero attached hydrogens (tertiary/aromatic N) is 5. The fraction of sp³-hybridized carbons (Fsp3) is 0.419. The van der Waals surface area contributed by atoms with Gasteiger partial charge in [-0.25, -0.2) is 9.97 Å². The van der Waals surface area contributed by atoms with Gasteiger partial charge in [0.15, 0.2) is 0 Å².